The van der Waals surface area contributed by atoms with Crippen molar-refractivity contribution in [2.24, 2.45) is 0 Å². The van der Waals surface area contributed by atoms with Gasteiger partial charge in [0, 0.05) is 0 Å². The van der Waals surface area contributed by atoms with Crippen LogP contribution >= 0.6 is 0 Å². The van der Waals surface area contributed by atoms with E-state index in [1.165, 1.54) is 0 Å². The number of carboxylic acid groups (broad SMARTS) is 1. The Balaban J connectivity index is 2.82. The lowest BCUT2D eigenvalue weighted by atomic mass is 10.6. The van der Waals surface area contributed by atoms with Crippen LogP contribution in [-0.2, 0) is 4.79 Å². The van der Waals surface area contributed by atoms with Crippen LogP contribution in [0.3, 0.4) is 0 Å². The summed E-state index contributed by atoms with van der Waals surface area (Å²) in [5.74, 6) is -0.929. The van der Waals surface area contributed by atoms with Gasteiger partial charge in [-0.25, -0.2) is 0 Å². The molecule has 0 fully saturated rings. The Labute approximate surface area is 42.3 Å². The summed E-state index contributed by atoms with van der Waals surface area (Å²) in [7, 11) is 0. The number of carboxylic acids is 1. The first kappa shape index (κ1) is 6.43. The molecule has 3 nitrogen and oxygen atoms in total. The zero-order chi connectivity index (χ0) is 5.70. The number of hydrogen-bond acceptors (Lipinski definition) is 2. The predicted molar refractivity (Wildman–Crippen MR) is 25.6 cm³/mol. The normalized spacial score (nSPS) is 8.71. The first-order valence-corrected chi connectivity index (χ1v) is 2.07. The number of rotatable bonds is 3. The molecule has 0 amide bonds. The van der Waals surface area contributed by atoms with Crippen molar-refractivity contribution in [1.82, 2.24) is 5.32 Å². The first-order valence-electron chi connectivity index (χ1n) is 2.07. The van der Waals surface area contributed by atoms with Crippen LogP contribution in [0.15, 0.2) is 0 Å². The van der Waals surface area contributed by atoms with Crippen LogP contribution in [0.5, 0.6) is 0 Å². The molecule has 1 radical (unpaired) electrons. The lowest BCUT2D eigenvalue weighted by molar-refractivity contribution is -0.133. The molecule has 0 aromatic heterocycles. The second-order valence-electron chi connectivity index (χ2n) is 1.04. The summed E-state index contributed by atoms with van der Waals surface area (Å²) in [4.78, 5) is 9.64. The molecule has 0 bridgehead atoms. The van der Waals surface area contributed by atoms with E-state index in [4.69, 9.17) is 5.11 Å². The minimum absolute atomic E-state index is 0.659. The fraction of sp³-hybridized carbons (Fsp3) is 0.500. The van der Waals surface area contributed by atoms with Crippen LogP contribution < -0.4 is 5.32 Å². The van der Waals surface area contributed by atoms with Crippen molar-refractivity contribution in [3.8, 4) is 0 Å². The van der Waals surface area contributed by atoms with Gasteiger partial charge in [-0.1, -0.05) is 6.92 Å². The Morgan fingerprint density at radius 2 is 2.57 bits per heavy atom. The van der Waals surface area contributed by atoms with Crippen molar-refractivity contribution < 1.29 is 9.90 Å². The summed E-state index contributed by atoms with van der Waals surface area (Å²) < 4.78 is 0. The van der Waals surface area contributed by atoms with Gasteiger partial charge in [0.25, 0.3) is 0 Å². The van der Waals surface area contributed by atoms with Crippen LogP contribution in [0.25, 0.3) is 0 Å². The maximum atomic E-state index is 9.64. The predicted octanol–water partition coefficient (Wildman–Crippen LogP) is -0.158. The molecule has 0 aliphatic heterocycles. The topological polar surface area (TPSA) is 49.3 Å². The molecule has 0 saturated heterocycles. The van der Waals surface area contributed by atoms with E-state index in [1.54, 1.807) is 0 Å². The maximum absolute atomic E-state index is 9.64. The molecule has 0 spiro atoms. The Morgan fingerprint density at radius 1 is 2.00 bits per heavy atom. The lowest BCUT2D eigenvalue weighted by Gasteiger charge is -1.89. The molecule has 0 atom stereocenters. The van der Waals surface area contributed by atoms with Gasteiger partial charge in [-0.2, -0.15) is 0 Å². The Morgan fingerprint density at radius 3 is 2.71 bits per heavy atom. The minimum Gasteiger partial charge on any atom is -0.480 e. The van der Waals surface area contributed by atoms with E-state index in [2.05, 4.69) is 5.32 Å². The fourth-order valence-corrected chi connectivity index (χ4v) is 0.189. The summed E-state index contributed by atoms with van der Waals surface area (Å²) in [5.41, 5.74) is 0. The highest BCUT2D eigenvalue weighted by atomic mass is 16.4. The molecule has 0 aromatic rings. The van der Waals surface area contributed by atoms with Gasteiger partial charge in [0.05, 0.1) is 0 Å². The SMILES string of the molecule is CCN[CH]C(=O)O. The second kappa shape index (κ2) is 3.61. The van der Waals surface area contributed by atoms with Crippen LogP contribution in [-0.4, -0.2) is 17.6 Å². The molecular formula is C4H8NO2. The zero-order valence-corrected chi connectivity index (χ0v) is 4.14. The standard InChI is InChI=1S/C4H8NO2/c1-2-5-3-4(6)7/h3,5H,2H2,1H3,(H,6,7). The second-order valence-corrected chi connectivity index (χ2v) is 1.04. The van der Waals surface area contributed by atoms with Crippen LogP contribution in [0.2, 0.25) is 0 Å². The minimum atomic E-state index is -0.929. The highest BCUT2D eigenvalue weighted by Crippen LogP contribution is 1.64. The summed E-state index contributed by atoms with van der Waals surface area (Å²) in [6.07, 6.45) is 0. The van der Waals surface area contributed by atoms with Crippen molar-refractivity contribution in [1.29, 1.82) is 0 Å². The molecule has 3 heteroatoms. The highest BCUT2D eigenvalue weighted by Gasteiger charge is 1.90. The summed E-state index contributed by atoms with van der Waals surface area (Å²) in [6.45, 7) is 3.51. The van der Waals surface area contributed by atoms with E-state index < -0.39 is 5.97 Å². The van der Waals surface area contributed by atoms with Gasteiger partial charge in [0.1, 0.15) is 6.54 Å². The quantitative estimate of drug-likeness (QED) is 0.520. The van der Waals surface area contributed by atoms with Crippen molar-refractivity contribution in [3.05, 3.63) is 6.54 Å². The van der Waals surface area contributed by atoms with Crippen LogP contribution in [0.4, 0.5) is 0 Å². The number of nitrogens with one attached hydrogen (secondary N) is 1. The van der Waals surface area contributed by atoms with Crippen molar-refractivity contribution in [3.63, 3.8) is 0 Å². The van der Waals surface area contributed by atoms with E-state index in [9.17, 15) is 4.79 Å². The summed E-state index contributed by atoms with van der Waals surface area (Å²) in [5, 5.41) is 10.4. The molecule has 2 N–H and O–H groups in total. The van der Waals surface area contributed by atoms with Crippen LogP contribution in [0, 0.1) is 6.54 Å². The van der Waals surface area contributed by atoms with E-state index in [1.807, 2.05) is 6.92 Å². The average Bonchev–Trinajstić information content (AvgIpc) is 1.61. The van der Waals surface area contributed by atoms with Gasteiger partial charge in [-0.15, -0.1) is 0 Å². The van der Waals surface area contributed by atoms with Gasteiger partial charge < -0.3 is 10.4 Å². The number of carbonyl (C=O) groups is 1. The molecule has 0 aliphatic carbocycles. The van der Waals surface area contributed by atoms with Gasteiger partial charge in [-0.3, -0.25) is 4.79 Å². The third-order valence-electron chi connectivity index (χ3n) is 0.430. The summed E-state index contributed by atoms with van der Waals surface area (Å²) in [6, 6.07) is 0. The van der Waals surface area contributed by atoms with Crippen molar-refractivity contribution in [2.75, 3.05) is 6.54 Å². The Kier molecular flexibility index (Phi) is 3.32. The van der Waals surface area contributed by atoms with Gasteiger partial charge in [-0.05, 0) is 6.54 Å². The molecule has 0 aromatic carbocycles. The fourth-order valence-electron chi connectivity index (χ4n) is 0.189. The highest BCUT2D eigenvalue weighted by molar-refractivity contribution is 5.75. The third kappa shape index (κ3) is 5.43. The number of hydrogen-bond donors (Lipinski definition) is 2. The van der Waals surface area contributed by atoms with E-state index >= 15 is 0 Å². The van der Waals surface area contributed by atoms with Crippen molar-refractivity contribution >= 4 is 5.97 Å². The average molecular weight is 102 g/mol. The molecule has 0 saturated carbocycles. The summed E-state index contributed by atoms with van der Waals surface area (Å²) >= 11 is 0. The third-order valence-corrected chi connectivity index (χ3v) is 0.430. The molecule has 7 heavy (non-hydrogen) atoms. The Bertz CT molecular complexity index is 62.7. The van der Waals surface area contributed by atoms with Gasteiger partial charge in [0.15, 0.2) is 0 Å². The van der Waals surface area contributed by atoms with Gasteiger partial charge >= 0.3 is 5.97 Å². The number of aliphatic carboxylic acids is 1. The smallest absolute Gasteiger partial charge is 0.322 e. The van der Waals surface area contributed by atoms with Crippen LogP contribution in [0.1, 0.15) is 6.92 Å². The maximum Gasteiger partial charge on any atom is 0.322 e. The first-order chi connectivity index (χ1) is 3.27. The lowest BCUT2D eigenvalue weighted by Crippen LogP contribution is -2.14. The van der Waals surface area contributed by atoms with E-state index in [-0.39, 0.29) is 0 Å². The zero-order valence-electron chi connectivity index (χ0n) is 4.14. The molecule has 0 rings (SSSR count). The Hall–Kier alpha value is -0.570. The number of likely N-dealkylation sites (N-methyl/N-ethyl adjacent to an activating group) is 1. The van der Waals surface area contributed by atoms with E-state index in [0.717, 1.165) is 6.54 Å². The van der Waals surface area contributed by atoms with Gasteiger partial charge in [0.2, 0.25) is 0 Å². The largest absolute Gasteiger partial charge is 0.480 e. The van der Waals surface area contributed by atoms with E-state index in [0.29, 0.717) is 6.54 Å². The molecular weight excluding hydrogens is 94.0 g/mol. The molecule has 0 aliphatic rings. The van der Waals surface area contributed by atoms with Crippen molar-refractivity contribution in [2.45, 2.75) is 6.92 Å². The monoisotopic (exact) mass is 102 g/mol. The molecule has 0 unspecified atom stereocenters. The molecule has 0 heterocycles. The molecule has 41 valence electrons.